The van der Waals surface area contributed by atoms with E-state index < -0.39 is 6.23 Å². The molecule has 1 unspecified atom stereocenters. The lowest BCUT2D eigenvalue weighted by atomic mass is 10.3. The number of nitrogens with one attached hydrogen (secondary N) is 1. The molecule has 0 aromatic carbocycles. The number of carbonyl (C=O) groups excluding carboxylic acids is 1. The number of aliphatic hydroxyl groups excluding tert-OH is 2. The number of thioether (sulfide) groups is 1. The van der Waals surface area contributed by atoms with Gasteiger partial charge in [-0.05, 0) is 6.92 Å². The molecule has 1 heterocycles. The average Bonchev–Trinajstić information content (AvgIpc) is 2.79. The minimum atomic E-state index is -0.604. The second kappa shape index (κ2) is 10.4. The number of aliphatic hydroxyl groups is 2. The molecule has 1 aliphatic heterocycles. The highest BCUT2D eigenvalue weighted by atomic mass is 32.2. The van der Waals surface area contributed by atoms with Gasteiger partial charge in [-0.25, -0.2) is 0 Å². The summed E-state index contributed by atoms with van der Waals surface area (Å²) in [5, 5.41) is 21.8. The predicted molar refractivity (Wildman–Crippen MR) is 79.6 cm³/mol. The second-order valence-electron chi connectivity index (χ2n) is 4.72. The first-order valence-electron chi connectivity index (χ1n) is 7.16. The summed E-state index contributed by atoms with van der Waals surface area (Å²) in [6.07, 6.45) is 0.459. The minimum Gasteiger partial charge on any atom is -0.396 e. The van der Waals surface area contributed by atoms with Crippen molar-refractivity contribution in [1.29, 1.82) is 0 Å². The Morgan fingerprint density at radius 1 is 1.60 bits per heavy atom. The van der Waals surface area contributed by atoms with Crippen LogP contribution in [0.2, 0.25) is 0 Å². The van der Waals surface area contributed by atoms with Crippen molar-refractivity contribution < 1.29 is 19.7 Å². The van der Waals surface area contributed by atoms with Gasteiger partial charge in [-0.15, -0.1) is 0 Å². The maximum absolute atomic E-state index is 11.8. The van der Waals surface area contributed by atoms with Crippen LogP contribution in [0.3, 0.4) is 0 Å². The van der Waals surface area contributed by atoms with E-state index in [1.165, 1.54) is 0 Å². The molecule has 1 saturated heterocycles. The van der Waals surface area contributed by atoms with Crippen LogP contribution in [-0.2, 0) is 9.53 Å². The topological polar surface area (TPSA) is 82.0 Å². The third kappa shape index (κ3) is 6.90. The number of carbonyl (C=O) groups is 1. The third-order valence-corrected chi connectivity index (χ3v) is 4.33. The van der Waals surface area contributed by atoms with Gasteiger partial charge < -0.3 is 19.8 Å². The Morgan fingerprint density at radius 2 is 2.40 bits per heavy atom. The van der Waals surface area contributed by atoms with Crippen molar-refractivity contribution in [2.45, 2.75) is 31.2 Å². The molecule has 6 nitrogen and oxygen atoms in total. The molecular weight excluding hydrogens is 280 g/mol. The van der Waals surface area contributed by atoms with E-state index in [0.717, 1.165) is 6.54 Å². The quantitative estimate of drug-likeness (QED) is 0.357. The van der Waals surface area contributed by atoms with Gasteiger partial charge in [-0.2, -0.15) is 11.8 Å². The van der Waals surface area contributed by atoms with E-state index >= 15 is 0 Å². The highest BCUT2D eigenvalue weighted by Gasteiger charge is 2.29. The Balaban J connectivity index is 2.13. The normalized spacial score (nSPS) is 20.6. The SMILES string of the molecule is CCOCCNC(O)CCN1C[C@@H](SCCO)CC1=O. The largest absolute Gasteiger partial charge is 0.396 e. The second-order valence-corrected chi connectivity index (χ2v) is 6.12. The van der Waals surface area contributed by atoms with Gasteiger partial charge in [0.2, 0.25) is 5.91 Å². The van der Waals surface area contributed by atoms with Crippen molar-refractivity contribution in [3.63, 3.8) is 0 Å². The zero-order valence-corrected chi connectivity index (χ0v) is 12.9. The Kier molecular flexibility index (Phi) is 9.21. The lowest BCUT2D eigenvalue weighted by Gasteiger charge is -2.19. The van der Waals surface area contributed by atoms with Crippen LogP contribution in [0.5, 0.6) is 0 Å². The molecule has 0 aromatic heterocycles. The molecule has 1 aliphatic rings. The summed E-state index contributed by atoms with van der Waals surface area (Å²) in [6, 6.07) is 0. The van der Waals surface area contributed by atoms with Crippen LogP contribution in [0, 0.1) is 0 Å². The van der Waals surface area contributed by atoms with Crippen molar-refractivity contribution in [2.75, 3.05) is 45.2 Å². The number of amides is 1. The summed E-state index contributed by atoms with van der Waals surface area (Å²) in [6.45, 7) is 5.23. The molecule has 0 aliphatic carbocycles. The summed E-state index contributed by atoms with van der Waals surface area (Å²) >= 11 is 1.64. The van der Waals surface area contributed by atoms with Crippen LogP contribution in [0.4, 0.5) is 0 Å². The van der Waals surface area contributed by atoms with E-state index in [9.17, 15) is 9.90 Å². The monoisotopic (exact) mass is 306 g/mol. The molecule has 0 aromatic rings. The van der Waals surface area contributed by atoms with Crippen LogP contribution in [0.25, 0.3) is 0 Å². The summed E-state index contributed by atoms with van der Waals surface area (Å²) in [7, 11) is 0. The van der Waals surface area contributed by atoms with Crippen molar-refractivity contribution in [3.05, 3.63) is 0 Å². The van der Waals surface area contributed by atoms with E-state index in [2.05, 4.69) is 5.32 Å². The van der Waals surface area contributed by atoms with E-state index in [1.54, 1.807) is 16.7 Å². The van der Waals surface area contributed by atoms with Gasteiger partial charge in [0.15, 0.2) is 0 Å². The molecule has 118 valence electrons. The van der Waals surface area contributed by atoms with Gasteiger partial charge in [0.25, 0.3) is 0 Å². The molecule has 1 fully saturated rings. The first-order valence-corrected chi connectivity index (χ1v) is 8.21. The van der Waals surface area contributed by atoms with Crippen molar-refractivity contribution >= 4 is 17.7 Å². The van der Waals surface area contributed by atoms with E-state index in [1.807, 2.05) is 6.92 Å². The van der Waals surface area contributed by atoms with Crippen molar-refractivity contribution in [1.82, 2.24) is 10.2 Å². The number of rotatable bonds is 11. The first-order chi connectivity index (χ1) is 9.67. The maximum Gasteiger partial charge on any atom is 0.223 e. The molecule has 7 heteroatoms. The van der Waals surface area contributed by atoms with Crippen molar-refractivity contribution in [3.8, 4) is 0 Å². The van der Waals surface area contributed by atoms with Gasteiger partial charge in [-0.3, -0.25) is 10.1 Å². The fourth-order valence-electron chi connectivity index (χ4n) is 2.11. The molecule has 3 N–H and O–H groups in total. The number of ether oxygens (including phenoxy) is 1. The number of likely N-dealkylation sites (tertiary alicyclic amines) is 1. The van der Waals surface area contributed by atoms with Crippen LogP contribution >= 0.6 is 11.8 Å². The molecular formula is C13H26N2O4S. The Morgan fingerprint density at radius 3 is 3.10 bits per heavy atom. The minimum absolute atomic E-state index is 0.141. The molecule has 2 atom stereocenters. The van der Waals surface area contributed by atoms with E-state index in [-0.39, 0.29) is 17.8 Å². The number of hydrogen-bond acceptors (Lipinski definition) is 6. The standard InChI is InChI=1S/C13H26N2O4S/c1-2-19-7-4-14-12(17)3-5-15-10-11(9-13(15)18)20-8-6-16/h11-12,14,16-17H,2-10H2,1H3/t11-,12?/m0/s1. The smallest absolute Gasteiger partial charge is 0.223 e. The molecule has 1 amide bonds. The van der Waals surface area contributed by atoms with Crippen LogP contribution in [-0.4, -0.2) is 77.7 Å². The molecule has 0 spiro atoms. The molecule has 0 bridgehead atoms. The lowest BCUT2D eigenvalue weighted by molar-refractivity contribution is -0.128. The lowest BCUT2D eigenvalue weighted by Crippen LogP contribution is -2.36. The Labute approximate surface area is 124 Å². The number of nitrogens with zero attached hydrogens (tertiary/aromatic N) is 1. The van der Waals surface area contributed by atoms with E-state index in [4.69, 9.17) is 9.84 Å². The Hall–Kier alpha value is -0.340. The van der Waals surface area contributed by atoms with Crippen LogP contribution in [0.1, 0.15) is 19.8 Å². The highest BCUT2D eigenvalue weighted by Crippen LogP contribution is 2.23. The van der Waals surface area contributed by atoms with Gasteiger partial charge in [0.05, 0.1) is 13.2 Å². The van der Waals surface area contributed by atoms with Gasteiger partial charge >= 0.3 is 0 Å². The van der Waals surface area contributed by atoms with E-state index in [0.29, 0.717) is 44.9 Å². The summed E-state index contributed by atoms with van der Waals surface area (Å²) in [5.74, 6) is 0.815. The molecule has 1 rings (SSSR count). The fraction of sp³-hybridized carbons (Fsp3) is 0.923. The van der Waals surface area contributed by atoms with Crippen LogP contribution in [0.15, 0.2) is 0 Å². The zero-order chi connectivity index (χ0) is 14.8. The summed E-state index contributed by atoms with van der Waals surface area (Å²) < 4.78 is 5.17. The molecule has 0 saturated carbocycles. The highest BCUT2D eigenvalue weighted by molar-refractivity contribution is 8.00. The van der Waals surface area contributed by atoms with Crippen molar-refractivity contribution in [2.24, 2.45) is 0 Å². The summed E-state index contributed by atoms with van der Waals surface area (Å²) in [5.41, 5.74) is 0. The average molecular weight is 306 g/mol. The molecule has 20 heavy (non-hydrogen) atoms. The Bertz CT molecular complexity index is 281. The maximum atomic E-state index is 11.8. The zero-order valence-electron chi connectivity index (χ0n) is 12.1. The van der Waals surface area contributed by atoms with Gasteiger partial charge in [0, 0.05) is 50.1 Å². The van der Waals surface area contributed by atoms with Gasteiger partial charge in [0.1, 0.15) is 6.23 Å². The van der Waals surface area contributed by atoms with Crippen LogP contribution < -0.4 is 5.32 Å². The number of hydrogen-bond donors (Lipinski definition) is 3. The first kappa shape index (κ1) is 17.7. The van der Waals surface area contributed by atoms with Gasteiger partial charge in [-0.1, -0.05) is 0 Å². The summed E-state index contributed by atoms with van der Waals surface area (Å²) in [4.78, 5) is 13.6. The predicted octanol–water partition coefficient (Wildman–Crippen LogP) is -0.353. The third-order valence-electron chi connectivity index (χ3n) is 3.13. The fourth-order valence-corrected chi connectivity index (χ4v) is 3.09. The molecule has 0 radical (unpaired) electrons.